The third-order valence-electron chi connectivity index (χ3n) is 4.16. The molecule has 1 aliphatic heterocycles. The van der Waals surface area contributed by atoms with Crippen molar-refractivity contribution < 1.29 is 15.0 Å². The fourth-order valence-corrected chi connectivity index (χ4v) is 3.37. The van der Waals surface area contributed by atoms with Gasteiger partial charge in [-0.2, -0.15) is 5.10 Å². The summed E-state index contributed by atoms with van der Waals surface area (Å²) in [5, 5.41) is 26.2. The molecule has 1 fully saturated rings. The smallest absolute Gasteiger partial charge is 0.274 e. The Labute approximate surface area is 132 Å². The number of rotatable bonds is 2. The number of aliphatic hydroxyl groups excluding tert-OH is 1. The number of carbonyl (C=O) groups excluding carboxylic acids is 1. The summed E-state index contributed by atoms with van der Waals surface area (Å²) in [4.78, 5) is 15.1. The molecule has 0 aliphatic carbocycles. The minimum Gasteiger partial charge on any atom is -0.388 e. The molecule has 3 rings (SSSR count). The lowest BCUT2D eigenvalue weighted by molar-refractivity contribution is -0.1000. The molecular weight excluding hydrogens is 302 g/mol. The zero-order chi connectivity index (χ0) is 15.9. The standard InChI is InChI=1S/C15H19N3O3S/c1-15(21)5-6-18(9-13(15)19)14(20)10-8-11(17(2)16-10)12-4-3-7-22-12/h3-4,7-8,13,19,21H,5-6,9H2,1-2H3/t13-,15+/m1/s1. The predicted octanol–water partition coefficient (Wildman–Crippen LogP) is 1.11. The Hall–Kier alpha value is -1.70. The summed E-state index contributed by atoms with van der Waals surface area (Å²) in [6.45, 7) is 2.12. The number of likely N-dealkylation sites (tertiary alicyclic amines) is 1. The Morgan fingerprint density at radius 1 is 1.55 bits per heavy atom. The topological polar surface area (TPSA) is 78.6 Å². The number of β-amino-alcohol motifs (C(OH)–C–C–N with tert-alkyl or cyclic N) is 1. The second kappa shape index (κ2) is 5.49. The van der Waals surface area contributed by atoms with E-state index in [1.165, 1.54) is 0 Å². The van der Waals surface area contributed by atoms with Crippen molar-refractivity contribution >= 4 is 17.2 Å². The summed E-state index contributed by atoms with van der Waals surface area (Å²) in [7, 11) is 1.81. The van der Waals surface area contributed by atoms with Gasteiger partial charge in [0.25, 0.3) is 5.91 Å². The summed E-state index contributed by atoms with van der Waals surface area (Å²) in [6.07, 6.45) is -0.587. The van der Waals surface area contributed by atoms with Crippen LogP contribution in [0.25, 0.3) is 10.6 Å². The lowest BCUT2D eigenvalue weighted by Crippen LogP contribution is -2.55. The Morgan fingerprint density at radius 2 is 2.32 bits per heavy atom. The summed E-state index contributed by atoms with van der Waals surface area (Å²) in [5.74, 6) is -0.215. The summed E-state index contributed by atoms with van der Waals surface area (Å²) >= 11 is 1.59. The first-order valence-electron chi connectivity index (χ1n) is 7.16. The first-order chi connectivity index (χ1) is 10.4. The molecule has 1 amide bonds. The van der Waals surface area contributed by atoms with E-state index in [9.17, 15) is 15.0 Å². The van der Waals surface area contributed by atoms with Crippen molar-refractivity contribution in [2.75, 3.05) is 13.1 Å². The van der Waals surface area contributed by atoms with Crippen molar-refractivity contribution in [3.05, 3.63) is 29.3 Å². The number of hydrogen-bond acceptors (Lipinski definition) is 5. The monoisotopic (exact) mass is 321 g/mol. The van der Waals surface area contributed by atoms with Gasteiger partial charge >= 0.3 is 0 Å². The van der Waals surface area contributed by atoms with Crippen LogP contribution in [0, 0.1) is 0 Å². The van der Waals surface area contributed by atoms with Gasteiger partial charge in [0.2, 0.25) is 0 Å². The van der Waals surface area contributed by atoms with Gasteiger partial charge in [0.15, 0.2) is 5.69 Å². The van der Waals surface area contributed by atoms with Crippen LogP contribution in [0.15, 0.2) is 23.6 Å². The minimum atomic E-state index is -1.14. The van der Waals surface area contributed by atoms with Crippen LogP contribution in [0.1, 0.15) is 23.8 Å². The second-order valence-electron chi connectivity index (χ2n) is 5.89. The van der Waals surface area contributed by atoms with Crippen molar-refractivity contribution in [1.29, 1.82) is 0 Å². The maximum atomic E-state index is 12.6. The van der Waals surface area contributed by atoms with Gasteiger partial charge in [-0.05, 0) is 30.9 Å². The van der Waals surface area contributed by atoms with Gasteiger partial charge < -0.3 is 15.1 Å². The van der Waals surface area contributed by atoms with E-state index in [-0.39, 0.29) is 12.5 Å². The van der Waals surface area contributed by atoms with Crippen LogP contribution in [0.2, 0.25) is 0 Å². The van der Waals surface area contributed by atoms with Gasteiger partial charge in [0, 0.05) is 20.1 Å². The molecule has 2 aromatic rings. The Bertz CT molecular complexity index is 678. The number of thiophene rings is 1. The van der Waals surface area contributed by atoms with Gasteiger partial charge in [0.1, 0.15) is 0 Å². The molecule has 2 N–H and O–H groups in total. The number of aryl methyl sites for hydroxylation is 1. The van der Waals surface area contributed by atoms with Crippen LogP contribution in [0.3, 0.4) is 0 Å². The number of amides is 1. The van der Waals surface area contributed by atoms with Crippen LogP contribution in [-0.2, 0) is 7.05 Å². The van der Waals surface area contributed by atoms with Crippen LogP contribution < -0.4 is 0 Å². The van der Waals surface area contributed by atoms with Crippen LogP contribution in [0.5, 0.6) is 0 Å². The van der Waals surface area contributed by atoms with E-state index < -0.39 is 11.7 Å². The molecule has 0 spiro atoms. The first-order valence-corrected chi connectivity index (χ1v) is 8.04. The normalized spacial score (nSPS) is 25.5. The van der Waals surface area contributed by atoms with E-state index >= 15 is 0 Å². The minimum absolute atomic E-state index is 0.122. The summed E-state index contributed by atoms with van der Waals surface area (Å²) < 4.78 is 1.69. The van der Waals surface area contributed by atoms with E-state index in [0.29, 0.717) is 18.7 Å². The molecule has 1 saturated heterocycles. The molecule has 7 heteroatoms. The van der Waals surface area contributed by atoms with Gasteiger partial charge in [-0.3, -0.25) is 9.48 Å². The van der Waals surface area contributed by atoms with Crippen molar-refractivity contribution in [3.8, 4) is 10.6 Å². The lowest BCUT2D eigenvalue weighted by Gasteiger charge is -2.39. The van der Waals surface area contributed by atoms with Crippen molar-refractivity contribution in [2.24, 2.45) is 7.05 Å². The number of nitrogens with zero attached hydrogens (tertiary/aromatic N) is 3. The third-order valence-corrected chi connectivity index (χ3v) is 5.05. The molecule has 2 atom stereocenters. The molecular formula is C15H19N3O3S. The van der Waals surface area contributed by atoms with E-state index in [1.54, 1.807) is 33.9 Å². The van der Waals surface area contributed by atoms with Crippen molar-refractivity contribution in [1.82, 2.24) is 14.7 Å². The number of aliphatic hydroxyl groups is 2. The molecule has 2 aromatic heterocycles. The fraction of sp³-hybridized carbons (Fsp3) is 0.467. The predicted molar refractivity (Wildman–Crippen MR) is 83.7 cm³/mol. The molecule has 6 nitrogen and oxygen atoms in total. The second-order valence-corrected chi connectivity index (χ2v) is 6.84. The zero-order valence-electron chi connectivity index (χ0n) is 12.6. The van der Waals surface area contributed by atoms with Crippen molar-refractivity contribution in [2.45, 2.75) is 25.0 Å². The summed E-state index contributed by atoms with van der Waals surface area (Å²) in [5.41, 5.74) is 0.116. The number of hydrogen-bond donors (Lipinski definition) is 2. The molecule has 0 aromatic carbocycles. The van der Waals surface area contributed by atoms with Gasteiger partial charge in [-0.25, -0.2) is 0 Å². The highest BCUT2D eigenvalue weighted by Gasteiger charge is 2.38. The SMILES string of the molecule is Cn1nc(C(=O)N2CC[C@](C)(O)[C@H](O)C2)cc1-c1cccs1. The van der Waals surface area contributed by atoms with Crippen molar-refractivity contribution in [3.63, 3.8) is 0 Å². The molecule has 0 bridgehead atoms. The molecule has 22 heavy (non-hydrogen) atoms. The highest BCUT2D eigenvalue weighted by atomic mass is 32.1. The van der Waals surface area contributed by atoms with Gasteiger partial charge in [-0.1, -0.05) is 6.07 Å². The maximum absolute atomic E-state index is 12.6. The largest absolute Gasteiger partial charge is 0.388 e. The fourth-order valence-electron chi connectivity index (χ4n) is 2.60. The highest BCUT2D eigenvalue weighted by molar-refractivity contribution is 7.13. The average Bonchev–Trinajstić information content (AvgIpc) is 3.10. The highest BCUT2D eigenvalue weighted by Crippen LogP contribution is 2.27. The average molecular weight is 321 g/mol. The third kappa shape index (κ3) is 2.67. The zero-order valence-corrected chi connectivity index (χ0v) is 13.4. The Kier molecular flexibility index (Phi) is 3.80. The van der Waals surface area contributed by atoms with Crippen LogP contribution in [-0.4, -0.2) is 55.6 Å². The summed E-state index contributed by atoms with van der Waals surface area (Å²) in [6, 6.07) is 5.71. The lowest BCUT2D eigenvalue weighted by atomic mass is 9.90. The maximum Gasteiger partial charge on any atom is 0.274 e. The molecule has 0 unspecified atom stereocenters. The van der Waals surface area contributed by atoms with Crippen LogP contribution >= 0.6 is 11.3 Å². The van der Waals surface area contributed by atoms with E-state index in [2.05, 4.69) is 5.10 Å². The number of aromatic nitrogens is 2. The number of piperidine rings is 1. The van der Waals surface area contributed by atoms with Gasteiger partial charge in [0.05, 0.1) is 22.3 Å². The number of carbonyl (C=O) groups is 1. The first kappa shape index (κ1) is 15.2. The molecule has 3 heterocycles. The molecule has 1 aliphatic rings. The van der Waals surface area contributed by atoms with E-state index in [4.69, 9.17) is 0 Å². The van der Waals surface area contributed by atoms with E-state index in [1.807, 2.05) is 24.6 Å². The van der Waals surface area contributed by atoms with Gasteiger partial charge in [-0.15, -0.1) is 11.3 Å². The van der Waals surface area contributed by atoms with E-state index in [0.717, 1.165) is 10.6 Å². The van der Waals surface area contributed by atoms with Crippen LogP contribution in [0.4, 0.5) is 0 Å². The molecule has 118 valence electrons. The Morgan fingerprint density at radius 3 is 2.95 bits per heavy atom. The quantitative estimate of drug-likeness (QED) is 0.868. The molecule has 0 radical (unpaired) electrons. The Balaban J connectivity index is 1.80. The molecule has 0 saturated carbocycles.